The third-order valence-electron chi connectivity index (χ3n) is 5.38. The van der Waals surface area contributed by atoms with Gasteiger partial charge in [-0.3, -0.25) is 9.59 Å². The van der Waals surface area contributed by atoms with Gasteiger partial charge in [0.2, 0.25) is 5.78 Å². The topological polar surface area (TPSA) is 52.6 Å². The second kappa shape index (κ2) is 8.21. The summed E-state index contributed by atoms with van der Waals surface area (Å²) in [4.78, 5) is 25.3. The maximum atomic E-state index is 12.8. The van der Waals surface area contributed by atoms with Gasteiger partial charge in [0.15, 0.2) is 5.76 Å². The van der Waals surface area contributed by atoms with Crippen LogP contribution in [0.15, 0.2) is 36.1 Å². The zero-order valence-electron chi connectivity index (χ0n) is 16.0. The SMILES string of the molecule is Cc1cc(OC(=O)C2CCCCC2)cc2c1C(=O)/C(=C/c1c(Cl)cccc1Cl)O2. The minimum Gasteiger partial charge on any atom is -0.452 e. The molecular formula is C23H20Cl2O4. The number of fused-ring (bicyclic) bond motifs is 1. The molecule has 0 atom stereocenters. The lowest BCUT2D eigenvalue weighted by Crippen LogP contribution is -2.22. The minimum atomic E-state index is -0.251. The summed E-state index contributed by atoms with van der Waals surface area (Å²) < 4.78 is 11.4. The van der Waals surface area contributed by atoms with Crippen LogP contribution >= 0.6 is 23.2 Å². The van der Waals surface area contributed by atoms with Gasteiger partial charge in [0, 0.05) is 21.7 Å². The molecule has 29 heavy (non-hydrogen) atoms. The van der Waals surface area contributed by atoms with Crippen molar-refractivity contribution in [2.75, 3.05) is 0 Å². The predicted molar refractivity (Wildman–Crippen MR) is 113 cm³/mol. The number of benzene rings is 2. The van der Waals surface area contributed by atoms with Crippen molar-refractivity contribution in [3.63, 3.8) is 0 Å². The molecule has 4 nitrogen and oxygen atoms in total. The molecule has 2 aliphatic rings. The van der Waals surface area contributed by atoms with E-state index in [0.717, 1.165) is 25.7 Å². The van der Waals surface area contributed by atoms with Crippen LogP contribution in [0, 0.1) is 12.8 Å². The lowest BCUT2D eigenvalue weighted by molar-refractivity contribution is -0.139. The third-order valence-corrected chi connectivity index (χ3v) is 6.03. The van der Waals surface area contributed by atoms with Crippen LogP contribution < -0.4 is 9.47 Å². The number of Topliss-reactive ketones (excluding diaryl/α,β-unsaturated/α-hetero) is 1. The molecule has 1 saturated carbocycles. The second-order valence-corrected chi connectivity index (χ2v) is 8.26. The van der Waals surface area contributed by atoms with Crippen LogP contribution in [-0.4, -0.2) is 11.8 Å². The number of carbonyl (C=O) groups excluding carboxylic acids is 2. The van der Waals surface area contributed by atoms with Crippen molar-refractivity contribution in [2.24, 2.45) is 5.92 Å². The predicted octanol–water partition coefficient (Wildman–Crippen LogP) is 6.40. The number of hydrogen-bond donors (Lipinski definition) is 0. The van der Waals surface area contributed by atoms with Gasteiger partial charge >= 0.3 is 5.97 Å². The van der Waals surface area contributed by atoms with Crippen molar-refractivity contribution in [3.05, 3.63) is 62.8 Å². The maximum Gasteiger partial charge on any atom is 0.314 e. The Hall–Kier alpha value is -2.30. The van der Waals surface area contributed by atoms with Gasteiger partial charge in [-0.2, -0.15) is 0 Å². The zero-order valence-corrected chi connectivity index (χ0v) is 17.5. The van der Waals surface area contributed by atoms with E-state index in [0.29, 0.717) is 38.2 Å². The van der Waals surface area contributed by atoms with Gasteiger partial charge < -0.3 is 9.47 Å². The molecule has 0 bridgehead atoms. The molecule has 0 unspecified atom stereocenters. The van der Waals surface area contributed by atoms with Crippen LogP contribution in [0.1, 0.15) is 53.6 Å². The van der Waals surface area contributed by atoms with E-state index in [2.05, 4.69) is 0 Å². The number of ether oxygens (including phenoxy) is 2. The molecule has 1 aliphatic carbocycles. The van der Waals surface area contributed by atoms with E-state index in [-0.39, 0.29) is 23.4 Å². The molecule has 0 amide bonds. The summed E-state index contributed by atoms with van der Waals surface area (Å²) >= 11 is 12.4. The lowest BCUT2D eigenvalue weighted by Gasteiger charge is -2.20. The first kappa shape index (κ1) is 20.0. The summed E-state index contributed by atoms with van der Waals surface area (Å²) in [6.07, 6.45) is 6.55. The number of esters is 1. The maximum absolute atomic E-state index is 12.8. The fourth-order valence-electron chi connectivity index (χ4n) is 3.85. The van der Waals surface area contributed by atoms with Crippen LogP contribution in [0.2, 0.25) is 10.0 Å². The quantitative estimate of drug-likeness (QED) is 0.320. The number of hydrogen-bond acceptors (Lipinski definition) is 4. The molecule has 6 heteroatoms. The number of ketones is 1. The molecule has 0 aromatic heterocycles. The van der Waals surface area contributed by atoms with E-state index < -0.39 is 0 Å². The van der Waals surface area contributed by atoms with Crippen molar-refractivity contribution in [1.29, 1.82) is 0 Å². The Balaban J connectivity index is 1.60. The summed E-state index contributed by atoms with van der Waals surface area (Å²) in [6, 6.07) is 8.42. The number of aryl methyl sites for hydroxylation is 1. The van der Waals surface area contributed by atoms with E-state index >= 15 is 0 Å². The van der Waals surface area contributed by atoms with Gasteiger partial charge in [0.1, 0.15) is 11.5 Å². The Kier molecular flexibility index (Phi) is 5.66. The third kappa shape index (κ3) is 4.05. The van der Waals surface area contributed by atoms with E-state index in [9.17, 15) is 9.59 Å². The largest absolute Gasteiger partial charge is 0.452 e. The number of allylic oxidation sites excluding steroid dienone is 1. The van der Waals surface area contributed by atoms with Gasteiger partial charge in [-0.05, 0) is 49.6 Å². The number of carbonyl (C=O) groups is 2. The molecule has 0 N–H and O–H groups in total. The molecule has 0 spiro atoms. The summed E-state index contributed by atoms with van der Waals surface area (Å²) in [7, 11) is 0. The molecule has 0 saturated heterocycles. The Morgan fingerprint density at radius 2 is 1.83 bits per heavy atom. The molecular weight excluding hydrogens is 411 g/mol. The van der Waals surface area contributed by atoms with Crippen molar-refractivity contribution in [1.82, 2.24) is 0 Å². The van der Waals surface area contributed by atoms with Gasteiger partial charge in [-0.15, -0.1) is 0 Å². The van der Waals surface area contributed by atoms with Crippen LogP contribution in [0.3, 0.4) is 0 Å². The molecule has 2 aromatic rings. The highest BCUT2D eigenvalue weighted by Crippen LogP contribution is 2.39. The Bertz CT molecular complexity index is 1000. The van der Waals surface area contributed by atoms with E-state index in [1.165, 1.54) is 6.42 Å². The van der Waals surface area contributed by atoms with E-state index in [1.54, 1.807) is 43.3 Å². The Labute approximate surface area is 179 Å². The highest BCUT2D eigenvalue weighted by molar-refractivity contribution is 6.37. The highest BCUT2D eigenvalue weighted by atomic mass is 35.5. The summed E-state index contributed by atoms with van der Waals surface area (Å²) in [5, 5.41) is 0.854. The van der Waals surface area contributed by atoms with Gasteiger partial charge in [0.05, 0.1) is 11.5 Å². The standard InChI is InChI=1S/C23H20Cl2O4/c1-13-10-15(28-23(27)14-6-3-2-4-7-14)11-19-21(13)22(26)20(29-19)12-16-17(24)8-5-9-18(16)25/h5,8-12,14H,2-4,6-7H2,1H3/b20-12-. The molecule has 1 fully saturated rings. The number of rotatable bonds is 3. The normalized spacial score (nSPS) is 17.9. The lowest BCUT2D eigenvalue weighted by atomic mass is 9.89. The van der Waals surface area contributed by atoms with Crippen molar-refractivity contribution in [2.45, 2.75) is 39.0 Å². The Morgan fingerprint density at radius 1 is 1.14 bits per heavy atom. The first-order valence-corrected chi connectivity index (χ1v) is 10.4. The van der Waals surface area contributed by atoms with E-state index in [4.69, 9.17) is 32.7 Å². The fourth-order valence-corrected chi connectivity index (χ4v) is 4.36. The molecule has 1 aliphatic heterocycles. The summed E-state index contributed by atoms with van der Waals surface area (Å²) in [5.74, 6) is 0.370. The molecule has 150 valence electrons. The molecule has 4 rings (SSSR count). The van der Waals surface area contributed by atoms with Crippen molar-refractivity contribution >= 4 is 41.0 Å². The van der Waals surface area contributed by atoms with Crippen molar-refractivity contribution in [3.8, 4) is 11.5 Å². The van der Waals surface area contributed by atoms with Gasteiger partial charge in [-0.1, -0.05) is 48.5 Å². The average Bonchev–Trinajstić information content (AvgIpc) is 3.01. The van der Waals surface area contributed by atoms with Crippen LogP contribution in [0.25, 0.3) is 6.08 Å². The molecule has 0 radical (unpaired) electrons. The summed E-state index contributed by atoms with van der Waals surface area (Å²) in [6.45, 7) is 1.80. The van der Waals surface area contributed by atoms with Crippen molar-refractivity contribution < 1.29 is 19.1 Å². The zero-order chi connectivity index (χ0) is 20.5. The smallest absolute Gasteiger partial charge is 0.314 e. The summed E-state index contributed by atoms with van der Waals surface area (Å²) in [5.41, 5.74) is 1.66. The monoisotopic (exact) mass is 430 g/mol. The van der Waals surface area contributed by atoms with Crippen LogP contribution in [-0.2, 0) is 4.79 Å². The molecule has 1 heterocycles. The first-order chi connectivity index (χ1) is 13.9. The fraction of sp³-hybridized carbons (Fsp3) is 0.304. The highest BCUT2D eigenvalue weighted by Gasteiger charge is 2.31. The number of halogens is 2. The average molecular weight is 431 g/mol. The minimum absolute atomic E-state index is 0.0577. The van der Waals surface area contributed by atoms with E-state index in [1.807, 2.05) is 0 Å². The van der Waals surface area contributed by atoms with Crippen LogP contribution in [0.5, 0.6) is 11.5 Å². The second-order valence-electron chi connectivity index (χ2n) is 7.44. The van der Waals surface area contributed by atoms with Crippen LogP contribution in [0.4, 0.5) is 0 Å². The Morgan fingerprint density at radius 3 is 2.52 bits per heavy atom. The van der Waals surface area contributed by atoms with Gasteiger partial charge in [0.25, 0.3) is 0 Å². The molecule has 2 aromatic carbocycles. The first-order valence-electron chi connectivity index (χ1n) is 9.68. The van der Waals surface area contributed by atoms with Gasteiger partial charge in [-0.25, -0.2) is 0 Å².